The van der Waals surface area contributed by atoms with Gasteiger partial charge >= 0.3 is 0 Å². The van der Waals surface area contributed by atoms with Crippen molar-refractivity contribution in [2.75, 3.05) is 0 Å². The van der Waals surface area contributed by atoms with E-state index in [-0.39, 0.29) is 33.2 Å². The zero-order chi connectivity index (χ0) is 33.6. The van der Waals surface area contributed by atoms with Crippen LogP contribution in [0.15, 0.2) is 59.8 Å². The molecule has 8 aliphatic rings. The van der Waals surface area contributed by atoms with Crippen molar-refractivity contribution in [1.82, 2.24) is 0 Å². The molecule has 12 atom stereocenters. The summed E-state index contributed by atoms with van der Waals surface area (Å²) in [6, 6.07) is 0. The van der Waals surface area contributed by atoms with Crippen LogP contribution < -0.4 is 0 Å². The highest BCUT2D eigenvalue weighted by Gasteiger charge is 2.62. The molecule has 0 radical (unpaired) electrons. The lowest BCUT2D eigenvalue weighted by Crippen LogP contribution is -2.53. The van der Waals surface area contributed by atoms with Crippen molar-refractivity contribution in [3.8, 4) is 0 Å². The normalized spacial score (nSPS) is 48.6. The van der Waals surface area contributed by atoms with Gasteiger partial charge in [0, 0.05) is 36.5 Å². The maximum absolute atomic E-state index is 13.1. The van der Waals surface area contributed by atoms with Crippen molar-refractivity contribution >= 4 is 23.1 Å². The topological polar surface area (TPSA) is 68.3 Å². The first-order valence-corrected chi connectivity index (χ1v) is 19.4. The maximum atomic E-state index is 13.1. The molecule has 6 fully saturated rings. The van der Waals surface area contributed by atoms with Gasteiger partial charge in [-0.15, -0.1) is 0 Å². The Bertz CT molecular complexity index is 1470. The molecule has 0 N–H and O–H groups in total. The molecule has 48 heavy (non-hydrogen) atoms. The Kier molecular flexibility index (Phi) is 7.78. The van der Waals surface area contributed by atoms with Gasteiger partial charge in [0.15, 0.2) is 11.6 Å². The van der Waals surface area contributed by atoms with Crippen molar-refractivity contribution < 1.29 is 19.2 Å². The summed E-state index contributed by atoms with van der Waals surface area (Å²) in [5, 5.41) is 0. The zero-order valence-electron chi connectivity index (χ0n) is 29.8. The SMILES string of the molecule is C[C@]12CCC(=O)C=C1C[C@@H](/C=C/C=C/C=C/[C@@H]1CC3=CC(=O)CC[C@]3(C)[C@H]3CC[C@]4(C)C(=O)CC[C@H]4[C@H]13)[C@@H]1[C@@H]2CC[C@]2(C)C(=O)CC[C@@H]12. The van der Waals surface area contributed by atoms with E-state index in [1.807, 2.05) is 12.2 Å². The summed E-state index contributed by atoms with van der Waals surface area (Å²) in [5.41, 5.74) is 2.51. The molecule has 8 aliphatic carbocycles. The predicted octanol–water partition coefficient (Wildman–Crippen LogP) is 9.31. The Labute approximate surface area is 288 Å². The molecule has 4 heteroatoms. The summed E-state index contributed by atoms with van der Waals surface area (Å²) in [7, 11) is 0. The van der Waals surface area contributed by atoms with Crippen LogP contribution in [0.4, 0.5) is 0 Å². The summed E-state index contributed by atoms with van der Waals surface area (Å²) >= 11 is 0. The summed E-state index contributed by atoms with van der Waals surface area (Å²) < 4.78 is 0. The smallest absolute Gasteiger partial charge is 0.155 e. The zero-order valence-corrected chi connectivity index (χ0v) is 29.8. The number of hydrogen-bond donors (Lipinski definition) is 0. The number of rotatable bonds is 4. The van der Waals surface area contributed by atoms with Gasteiger partial charge in [-0.05, 0) is 135 Å². The molecule has 0 bridgehead atoms. The fourth-order valence-electron chi connectivity index (χ4n) is 13.7. The lowest BCUT2D eigenvalue weighted by Gasteiger charge is -2.59. The molecule has 6 saturated carbocycles. The number of allylic oxidation sites excluding steroid dienone is 8. The van der Waals surface area contributed by atoms with Crippen LogP contribution in [0.2, 0.25) is 0 Å². The first-order chi connectivity index (χ1) is 22.9. The summed E-state index contributed by atoms with van der Waals surface area (Å²) in [4.78, 5) is 51.4. The molecule has 0 aromatic carbocycles. The molecule has 0 aromatic heterocycles. The molecule has 0 heterocycles. The Morgan fingerprint density at radius 1 is 0.500 bits per heavy atom. The first kappa shape index (κ1) is 32.6. The van der Waals surface area contributed by atoms with Gasteiger partial charge in [-0.1, -0.05) is 75.3 Å². The van der Waals surface area contributed by atoms with Gasteiger partial charge in [-0.3, -0.25) is 19.2 Å². The molecule has 4 nitrogen and oxygen atoms in total. The number of Topliss-reactive ketones (excluding diaryl/α,β-unsaturated/α-hetero) is 2. The molecule has 0 saturated heterocycles. The minimum absolute atomic E-state index is 0.0832. The number of carbonyl (C=O) groups is 4. The van der Waals surface area contributed by atoms with Crippen molar-refractivity contribution in [3.05, 3.63) is 59.8 Å². The second-order valence-corrected chi connectivity index (χ2v) is 18.4. The average molecular weight is 649 g/mol. The van der Waals surface area contributed by atoms with Gasteiger partial charge in [0.05, 0.1) is 0 Å². The third kappa shape index (κ3) is 4.73. The van der Waals surface area contributed by atoms with Gasteiger partial charge in [0.1, 0.15) is 11.6 Å². The van der Waals surface area contributed by atoms with E-state index in [1.54, 1.807) is 0 Å². The molecule has 0 unspecified atom stereocenters. The standard InChI is InChI=1S/C44H56O4/c1-41-19-15-31(45)25-29(41)23-27(39-33-11-13-37(47)43(33,3)21-17-35(39)41)9-7-5-6-8-10-28-24-30-26-32(46)16-20-42(30,2)36-18-22-44(4)34(40(28)36)12-14-38(44)48/h5-10,25-28,33-36,39-40H,11-24H2,1-4H3/b6-5+,9-7+,10-8+/t27-,28-,33+,34+,35+,36+,39+,40+,41+,42+,43+,44+/m1/s1. The number of carbonyl (C=O) groups excluding carboxylic acids is 4. The largest absolute Gasteiger partial charge is 0.299 e. The van der Waals surface area contributed by atoms with Gasteiger partial charge < -0.3 is 0 Å². The van der Waals surface area contributed by atoms with E-state index in [0.717, 1.165) is 77.0 Å². The van der Waals surface area contributed by atoms with Gasteiger partial charge in [0.25, 0.3) is 0 Å². The lowest BCUT2D eigenvalue weighted by molar-refractivity contribution is -0.134. The first-order valence-electron chi connectivity index (χ1n) is 19.4. The summed E-state index contributed by atoms with van der Waals surface area (Å²) in [6.45, 7) is 9.34. The van der Waals surface area contributed by atoms with Crippen molar-refractivity contribution in [1.29, 1.82) is 0 Å². The molecular formula is C44H56O4. The van der Waals surface area contributed by atoms with E-state index in [2.05, 4.69) is 64.2 Å². The summed E-state index contributed by atoms with van der Waals surface area (Å²) in [5.74, 6) is 5.11. The highest BCUT2D eigenvalue weighted by atomic mass is 16.1. The fourth-order valence-corrected chi connectivity index (χ4v) is 13.7. The number of ketones is 4. The minimum atomic E-state index is -0.181. The van der Waals surface area contributed by atoms with Crippen LogP contribution >= 0.6 is 0 Å². The quantitative estimate of drug-likeness (QED) is 0.285. The van der Waals surface area contributed by atoms with Crippen LogP contribution in [-0.2, 0) is 19.2 Å². The van der Waals surface area contributed by atoms with Gasteiger partial charge in [-0.25, -0.2) is 0 Å². The average Bonchev–Trinajstić information content (AvgIpc) is 3.53. The Morgan fingerprint density at radius 2 is 0.896 bits per heavy atom. The van der Waals surface area contributed by atoms with Crippen LogP contribution in [0.1, 0.15) is 118 Å². The van der Waals surface area contributed by atoms with E-state index >= 15 is 0 Å². The highest BCUT2D eigenvalue weighted by Crippen LogP contribution is 2.67. The third-order valence-electron chi connectivity index (χ3n) is 16.6. The van der Waals surface area contributed by atoms with Crippen molar-refractivity contribution in [2.24, 2.45) is 69.0 Å². The lowest BCUT2D eigenvalue weighted by atomic mass is 9.45. The van der Waals surface area contributed by atoms with Gasteiger partial charge in [-0.2, -0.15) is 0 Å². The molecule has 0 spiro atoms. The summed E-state index contributed by atoms with van der Waals surface area (Å²) in [6.07, 6.45) is 30.3. The molecular weight excluding hydrogens is 592 g/mol. The van der Waals surface area contributed by atoms with Gasteiger partial charge in [0.2, 0.25) is 0 Å². The van der Waals surface area contributed by atoms with E-state index in [4.69, 9.17) is 0 Å². The van der Waals surface area contributed by atoms with Crippen LogP contribution in [0.25, 0.3) is 0 Å². The molecule has 0 amide bonds. The monoisotopic (exact) mass is 648 g/mol. The van der Waals surface area contributed by atoms with Crippen LogP contribution in [0.3, 0.4) is 0 Å². The Balaban J connectivity index is 1.04. The Hall–Kier alpha value is -2.62. The van der Waals surface area contributed by atoms with E-state index in [9.17, 15) is 19.2 Å². The molecule has 0 aliphatic heterocycles. The minimum Gasteiger partial charge on any atom is -0.299 e. The van der Waals surface area contributed by atoms with E-state index < -0.39 is 0 Å². The third-order valence-corrected chi connectivity index (χ3v) is 16.6. The molecule has 0 aromatic rings. The highest BCUT2D eigenvalue weighted by molar-refractivity contribution is 5.92. The van der Waals surface area contributed by atoms with E-state index in [1.165, 1.54) is 11.1 Å². The van der Waals surface area contributed by atoms with Crippen LogP contribution in [0.5, 0.6) is 0 Å². The van der Waals surface area contributed by atoms with Crippen LogP contribution in [0, 0.1) is 69.0 Å². The maximum Gasteiger partial charge on any atom is 0.155 e. The van der Waals surface area contributed by atoms with Crippen molar-refractivity contribution in [3.63, 3.8) is 0 Å². The number of fused-ring (bicyclic) bond motifs is 10. The predicted molar refractivity (Wildman–Crippen MR) is 189 cm³/mol. The van der Waals surface area contributed by atoms with E-state index in [0.29, 0.717) is 71.8 Å². The second kappa shape index (κ2) is 11.5. The Morgan fingerprint density at radius 3 is 1.31 bits per heavy atom. The molecule has 8 rings (SSSR count). The van der Waals surface area contributed by atoms with Crippen LogP contribution in [-0.4, -0.2) is 23.1 Å². The molecule has 256 valence electrons. The second-order valence-electron chi connectivity index (χ2n) is 18.4. The van der Waals surface area contributed by atoms with Crippen molar-refractivity contribution in [2.45, 2.75) is 118 Å². The fraction of sp³-hybridized carbons (Fsp3) is 0.682. The number of hydrogen-bond acceptors (Lipinski definition) is 4.